The van der Waals surface area contributed by atoms with E-state index in [0.29, 0.717) is 12.4 Å². The average Bonchev–Trinajstić information content (AvgIpc) is 2.42. The van der Waals surface area contributed by atoms with Crippen molar-refractivity contribution in [3.63, 3.8) is 0 Å². The second-order valence-corrected chi connectivity index (χ2v) is 4.61. The van der Waals surface area contributed by atoms with E-state index in [1.807, 2.05) is 25.1 Å². The Morgan fingerprint density at radius 3 is 2.53 bits per heavy atom. The summed E-state index contributed by atoms with van der Waals surface area (Å²) < 4.78 is 5.82. The first-order valence-electron chi connectivity index (χ1n) is 6.66. The van der Waals surface area contributed by atoms with E-state index in [9.17, 15) is 0 Å². The number of aryl methyl sites for hydroxylation is 2. The summed E-state index contributed by atoms with van der Waals surface area (Å²) in [5.41, 5.74) is 9.14. The molecule has 100 valence electrons. The van der Waals surface area contributed by atoms with E-state index in [-0.39, 0.29) is 0 Å². The highest BCUT2D eigenvalue weighted by Gasteiger charge is 2.07. The average molecular weight is 256 g/mol. The molecule has 0 atom stereocenters. The van der Waals surface area contributed by atoms with Gasteiger partial charge in [0, 0.05) is 18.3 Å². The molecule has 0 aliphatic carbocycles. The minimum absolute atomic E-state index is 0.433. The number of hydrogen-bond acceptors (Lipinski definition) is 3. The lowest BCUT2D eigenvalue weighted by Crippen LogP contribution is -2.03. The van der Waals surface area contributed by atoms with Crippen LogP contribution in [0.3, 0.4) is 0 Å². The van der Waals surface area contributed by atoms with Crippen LogP contribution >= 0.6 is 0 Å². The van der Waals surface area contributed by atoms with Gasteiger partial charge >= 0.3 is 0 Å². The molecule has 2 N–H and O–H groups in total. The monoisotopic (exact) mass is 256 g/mol. The third-order valence-corrected chi connectivity index (χ3v) is 3.13. The maximum Gasteiger partial charge on any atom is 0.223 e. The fourth-order valence-electron chi connectivity index (χ4n) is 2.02. The highest BCUT2D eigenvalue weighted by Crippen LogP contribution is 2.25. The quantitative estimate of drug-likeness (QED) is 0.889. The molecule has 1 aromatic heterocycles. The summed E-state index contributed by atoms with van der Waals surface area (Å²) >= 11 is 0. The zero-order valence-corrected chi connectivity index (χ0v) is 11.5. The molecule has 1 heterocycles. The van der Waals surface area contributed by atoms with Gasteiger partial charge in [0.15, 0.2) is 0 Å². The number of nitrogens with two attached hydrogens (primary N) is 1. The van der Waals surface area contributed by atoms with E-state index in [2.05, 4.69) is 24.0 Å². The minimum Gasteiger partial charge on any atom is -0.439 e. The van der Waals surface area contributed by atoms with Crippen molar-refractivity contribution in [2.75, 3.05) is 0 Å². The number of nitrogens with zero attached hydrogens (tertiary/aromatic N) is 1. The second kappa shape index (κ2) is 6.34. The summed E-state index contributed by atoms with van der Waals surface area (Å²) in [4.78, 5) is 4.26. The van der Waals surface area contributed by atoms with Gasteiger partial charge in [0.1, 0.15) is 5.75 Å². The van der Waals surface area contributed by atoms with Crippen LogP contribution in [0, 0.1) is 6.92 Å². The van der Waals surface area contributed by atoms with Crippen molar-refractivity contribution < 1.29 is 4.74 Å². The number of benzene rings is 1. The fraction of sp³-hybridized carbons (Fsp3) is 0.312. The van der Waals surface area contributed by atoms with Crippen molar-refractivity contribution in [2.24, 2.45) is 5.73 Å². The first-order valence-corrected chi connectivity index (χ1v) is 6.66. The number of ether oxygens (including phenoxy) is 1. The van der Waals surface area contributed by atoms with E-state index in [4.69, 9.17) is 10.5 Å². The molecule has 3 nitrogen and oxygen atoms in total. The molecule has 0 radical (unpaired) electrons. The van der Waals surface area contributed by atoms with Crippen LogP contribution in [0.2, 0.25) is 0 Å². The van der Waals surface area contributed by atoms with Gasteiger partial charge in [0.25, 0.3) is 0 Å². The molecule has 2 aromatic rings. The lowest BCUT2D eigenvalue weighted by Gasteiger charge is -2.11. The van der Waals surface area contributed by atoms with Crippen LogP contribution in [-0.4, -0.2) is 4.98 Å². The van der Waals surface area contributed by atoms with Crippen LogP contribution in [0.4, 0.5) is 0 Å². The smallest absolute Gasteiger partial charge is 0.223 e. The van der Waals surface area contributed by atoms with Crippen molar-refractivity contribution in [1.82, 2.24) is 4.98 Å². The van der Waals surface area contributed by atoms with Crippen LogP contribution in [0.1, 0.15) is 30.0 Å². The molecule has 2 rings (SSSR count). The maximum absolute atomic E-state index is 5.82. The highest BCUT2D eigenvalue weighted by atomic mass is 16.5. The molecule has 1 aromatic carbocycles. The predicted molar refractivity (Wildman–Crippen MR) is 77.4 cm³/mol. The molecule has 0 bridgehead atoms. The van der Waals surface area contributed by atoms with Crippen LogP contribution in [0.15, 0.2) is 36.5 Å². The van der Waals surface area contributed by atoms with E-state index >= 15 is 0 Å². The molecule has 0 saturated carbocycles. The van der Waals surface area contributed by atoms with E-state index in [1.54, 1.807) is 6.20 Å². The number of rotatable bonds is 5. The highest BCUT2D eigenvalue weighted by molar-refractivity contribution is 5.37. The van der Waals surface area contributed by atoms with E-state index < -0.39 is 0 Å². The Kier molecular flexibility index (Phi) is 4.53. The van der Waals surface area contributed by atoms with Crippen LogP contribution in [-0.2, 0) is 13.0 Å². The van der Waals surface area contributed by atoms with Crippen molar-refractivity contribution in [3.8, 4) is 11.6 Å². The minimum atomic E-state index is 0.433. The van der Waals surface area contributed by atoms with Gasteiger partial charge in [-0.3, -0.25) is 0 Å². The molecule has 0 aliphatic heterocycles. The Morgan fingerprint density at radius 1 is 1.16 bits per heavy atom. The molecular formula is C16H20N2O. The summed E-state index contributed by atoms with van der Waals surface area (Å²) in [6.45, 7) is 4.62. The first kappa shape index (κ1) is 13.6. The van der Waals surface area contributed by atoms with Gasteiger partial charge in [-0.05, 0) is 42.7 Å². The van der Waals surface area contributed by atoms with E-state index in [1.165, 1.54) is 5.56 Å². The molecule has 0 fully saturated rings. The standard InChI is InChI=1S/C16H20N2O/c1-3-4-13-5-7-14(8-6-13)19-16-15(11-17)12(2)9-10-18-16/h5-10H,3-4,11,17H2,1-2H3. The topological polar surface area (TPSA) is 48.1 Å². The van der Waals surface area contributed by atoms with Gasteiger partial charge < -0.3 is 10.5 Å². The van der Waals surface area contributed by atoms with Crippen molar-refractivity contribution in [1.29, 1.82) is 0 Å². The maximum atomic E-state index is 5.82. The van der Waals surface area contributed by atoms with Crippen molar-refractivity contribution in [3.05, 3.63) is 53.2 Å². The molecule has 0 aliphatic rings. The molecule has 0 unspecified atom stereocenters. The third-order valence-electron chi connectivity index (χ3n) is 3.13. The Hall–Kier alpha value is -1.87. The lowest BCUT2D eigenvalue weighted by molar-refractivity contribution is 0.455. The van der Waals surface area contributed by atoms with Gasteiger partial charge in [-0.25, -0.2) is 4.98 Å². The third kappa shape index (κ3) is 3.32. The Balaban J connectivity index is 2.19. The SMILES string of the molecule is CCCc1ccc(Oc2nccc(C)c2CN)cc1. The Labute approximate surface area is 114 Å². The van der Waals surface area contributed by atoms with Crippen molar-refractivity contribution in [2.45, 2.75) is 33.2 Å². The van der Waals surface area contributed by atoms with Gasteiger partial charge in [-0.1, -0.05) is 25.5 Å². The van der Waals surface area contributed by atoms with Gasteiger partial charge in [-0.15, -0.1) is 0 Å². The molecule has 3 heteroatoms. The Morgan fingerprint density at radius 2 is 1.89 bits per heavy atom. The normalized spacial score (nSPS) is 10.5. The molecule has 19 heavy (non-hydrogen) atoms. The zero-order valence-electron chi connectivity index (χ0n) is 11.5. The second-order valence-electron chi connectivity index (χ2n) is 4.61. The van der Waals surface area contributed by atoms with Gasteiger partial charge in [-0.2, -0.15) is 0 Å². The van der Waals surface area contributed by atoms with Gasteiger partial charge in [0.2, 0.25) is 5.88 Å². The van der Waals surface area contributed by atoms with Crippen LogP contribution in [0.25, 0.3) is 0 Å². The first-order chi connectivity index (χ1) is 9.24. The number of pyridine rings is 1. The number of aromatic nitrogens is 1. The summed E-state index contributed by atoms with van der Waals surface area (Å²) in [5, 5.41) is 0. The molecule has 0 spiro atoms. The summed E-state index contributed by atoms with van der Waals surface area (Å²) in [7, 11) is 0. The van der Waals surface area contributed by atoms with Gasteiger partial charge in [0.05, 0.1) is 0 Å². The lowest BCUT2D eigenvalue weighted by atomic mass is 10.1. The molecular weight excluding hydrogens is 236 g/mol. The summed E-state index contributed by atoms with van der Waals surface area (Å²) in [6, 6.07) is 10.1. The van der Waals surface area contributed by atoms with Crippen LogP contribution < -0.4 is 10.5 Å². The van der Waals surface area contributed by atoms with E-state index in [0.717, 1.165) is 29.7 Å². The van der Waals surface area contributed by atoms with Crippen molar-refractivity contribution >= 4 is 0 Å². The molecule has 0 amide bonds. The number of hydrogen-bond donors (Lipinski definition) is 1. The largest absolute Gasteiger partial charge is 0.439 e. The Bertz CT molecular complexity index is 535. The fourth-order valence-corrected chi connectivity index (χ4v) is 2.02. The zero-order chi connectivity index (χ0) is 13.7. The van der Waals surface area contributed by atoms with Crippen LogP contribution in [0.5, 0.6) is 11.6 Å². The molecule has 0 saturated heterocycles. The predicted octanol–water partition coefficient (Wildman–Crippen LogP) is 3.59. The summed E-state index contributed by atoms with van der Waals surface area (Å²) in [5.74, 6) is 1.40. The summed E-state index contributed by atoms with van der Waals surface area (Å²) in [6.07, 6.45) is 3.99.